The third-order valence-electron chi connectivity index (χ3n) is 6.50. The smallest absolute Gasteiger partial charge is 0.336 e. The molecule has 0 saturated carbocycles. The summed E-state index contributed by atoms with van der Waals surface area (Å²) in [6.45, 7) is 3.96. The maximum Gasteiger partial charge on any atom is 0.336 e. The Balaban J connectivity index is 1.79. The van der Waals surface area contributed by atoms with E-state index in [1.54, 1.807) is 26.2 Å². The molecule has 0 fully saturated rings. The number of dihydropyridines is 1. The van der Waals surface area contributed by atoms with Crippen molar-refractivity contribution in [3.05, 3.63) is 92.3 Å². The van der Waals surface area contributed by atoms with E-state index in [2.05, 4.69) is 5.32 Å². The van der Waals surface area contributed by atoms with Crippen LogP contribution >= 0.6 is 0 Å². The van der Waals surface area contributed by atoms with E-state index in [1.807, 2.05) is 31.2 Å². The maximum absolute atomic E-state index is 13.6. The van der Waals surface area contributed by atoms with Crippen LogP contribution in [0.15, 0.2) is 71.1 Å². The zero-order valence-corrected chi connectivity index (χ0v) is 20.0. The number of non-ortho nitro benzene ring substituents is 1. The number of nitro groups is 1. The first-order chi connectivity index (χ1) is 16.8. The summed E-state index contributed by atoms with van der Waals surface area (Å²) in [7, 11) is 1.61. The Labute approximate surface area is 203 Å². The van der Waals surface area contributed by atoms with E-state index >= 15 is 0 Å². The number of ketones is 1. The van der Waals surface area contributed by atoms with Gasteiger partial charge in [0.2, 0.25) is 0 Å². The normalized spacial score (nSPS) is 19.7. The topological polar surface area (TPSA) is 108 Å². The van der Waals surface area contributed by atoms with E-state index in [-0.39, 0.29) is 30.4 Å². The lowest BCUT2D eigenvalue weighted by Gasteiger charge is -2.37. The second-order valence-corrected chi connectivity index (χ2v) is 8.74. The van der Waals surface area contributed by atoms with Crippen LogP contribution in [0.3, 0.4) is 0 Å². The van der Waals surface area contributed by atoms with Gasteiger partial charge in [-0.2, -0.15) is 0 Å². The van der Waals surface area contributed by atoms with Crippen molar-refractivity contribution in [1.29, 1.82) is 0 Å². The molecule has 0 bridgehead atoms. The molecular weight excluding hydrogens is 448 g/mol. The molecule has 1 N–H and O–H groups in total. The zero-order chi connectivity index (χ0) is 25.1. The molecule has 2 aromatic rings. The van der Waals surface area contributed by atoms with Crippen molar-refractivity contribution >= 4 is 17.4 Å². The third-order valence-corrected chi connectivity index (χ3v) is 6.50. The molecule has 1 heterocycles. The zero-order valence-electron chi connectivity index (χ0n) is 20.0. The van der Waals surface area contributed by atoms with E-state index in [9.17, 15) is 19.7 Å². The number of carbonyl (C=O) groups excluding carboxylic acids is 2. The van der Waals surface area contributed by atoms with Gasteiger partial charge in [-0.1, -0.05) is 37.3 Å². The first-order valence-corrected chi connectivity index (χ1v) is 11.6. The number of methoxy groups -OCH3 is 1. The van der Waals surface area contributed by atoms with E-state index in [0.717, 1.165) is 17.0 Å². The van der Waals surface area contributed by atoms with Gasteiger partial charge in [-0.15, -0.1) is 0 Å². The standard InChI is InChI=1S/C27H28N2O6/c1-4-13-35-27(31)24-16(2)28-21-14-18(20-7-5-6-8-23(20)34-3)15-22(30)26(21)25(24)17-9-11-19(12-10-17)29(32)33/h5-12,18,25,28H,4,13-15H2,1-3H3. The maximum atomic E-state index is 13.6. The molecule has 2 aromatic carbocycles. The van der Waals surface area contributed by atoms with Crippen molar-refractivity contribution in [2.24, 2.45) is 0 Å². The molecule has 2 unspecified atom stereocenters. The number of esters is 1. The number of hydrogen-bond acceptors (Lipinski definition) is 7. The van der Waals surface area contributed by atoms with Gasteiger partial charge in [0.1, 0.15) is 5.75 Å². The van der Waals surface area contributed by atoms with Crippen molar-refractivity contribution in [3.8, 4) is 5.75 Å². The fraction of sp³-hybridized carbons (Fsp3) is 0.333. The molecule has 4 rings (SSSR count). The number of nitrogens with one attached hydrogen (secondary N) is 1. The largest absolute Gasteiger partial charge is 0.496 e. The van der Waals surface area contributed by atoms with Gasteiger partial charge < -0.3 is 14.8 Å². The number of para-hydroxylation sites is 1. The molecule has 182 valence electrons. The average Bonchev–Trinajstić information content (AvgIpc) is 2.86. The van der Waals surface area contributed by atoms with Crippen LogP contribution in [0.5, 0.6) is 5.75 Å². The summed E-state index contributed by atoms with van der Waals surface area (Å²) in [5, 5.41) is 14.5. The Kier molecular flexibility index (Phi) is 7.00. The number of ether oxygens (including phenoxy) is 2. The Morgan fingerprint density at radius 3 is 2.51 bits per heavy atom. The molecule has 35 heavy (non-hydrogen) atoms. The second-order valence-electron chi connectivity index (χ2n) is 8.74. The quantitative estimate of drug-likeness (QED) is 0.343. The van der Waals surface area contributed by atoms with Gasteiger partial charge in [-0.25, -0.2) is 4.79 Å². The van der Waals surface area contributed by atoms with Crippen LogP contribution in [-0.2, 0) is 14.3 Å². The monoisotopic (exact) mass is 476 g/mol. The molecule has 0 spiro atoms. The van der Waals surface area contributed by atoms with Crippen LogP contribution in [0.1, 0.15) is 56.1 Å². The lowest BCUT2D eigenvalue weighted by molar-refractivity contribution is -0.384. The Morgan fingerprint density at radius 1 is 1.14 bits per heavy atom. The highest BCUT2D eigenvalue weighted by Crippen LogP contribution is 2.47. The van der Waals surface area contributed by atoms with Gasteiger partial charge in [0, 0.05) is 47.4 Å². The third kappa shape index (κ3) is 4.69. The summed E-state index contributed by atoms with van der Waals surface area (Å²) in [5.41, 5.74) is 3.77. The highest BCUT2D eigenvalue weighted by molar-refractivity contribution is 6.04. The first kappa shape index (κ1) is 24.2. The summed E-state index contributed by atoms with van der Waals surface area (Å²) >= 11 is 0. The minimum Gasteiger partial charge on any atom is -0.496 e. The molecule has 2 aliphatic rings. The molecular formula is C27H28N2O6. The Hall–Kier alpha value is -3.94. The van der Waals surface area contributed by atoms with Gasteiger partial charge in [0.15, 0.2) is 5.78 Å². The highest BCUT2D eigenvalue weighted by Gasteiger charge is 2.41. The van der Waals surface area contributed by atoms with E-state index in [0.29, 0.717) is 35.2 Å². The lowest BCUT2D eigenvalue weighted by Crippen LogP contribution is -2.36. The molecule has 0 radical (unpaired) electrons. The summed E-state index contributed by atoms with van der Waals surface area (Å²) in [4.78, 5) is 37.4. The molecule has 1 aliphatic carbocycles. The second kappa shape index (κ2) is 10.1. The summed E-state index contributed by atoms with van der Waals surface area (Å²) in [6.07, 6.45) is 1.50. The number of Topliss-reactive ketones (excluding diaryl/α,β-unsaturated/α-hetero) is 1. The van der Waals surface area contributed by atoms with Crippen LogP contribution in [0, 0.1) is 10.1 Å². The fourth-order valence-corrected chi connectivity index (χ4v) is 4.93. The summed E-state index contributed by atoms with van der Waals surface area (Å²) in [6, 6.07) is 13.7. The van der Waals surface area contributed by atoms with Crippen molar-refractivity contribution in [2.75, 3.05) is 13.7 Å². The molecule has 0 saturated heterocycles. The molecule has 8 heteroatoms. The minimum absolute atomic E-state index is 0.0566. The molecule has 0 aromatic heterocycles. The van der Waals surface area contributed by atoms with Crippen LogP contribution in [-0.4, -0.2) is 30.4 Å². The minimum atomic E-state index is -0.664. The van der Waals surface area contributed by atoms with Crippen molar-refractivity contribution in [2.45, 2.75) is 44.9 Å². The van der Waals surface area contributed by atoms with Crippen LogP contribution in [0.2, 0.25) is 0 Å². The summed E-state index contributed by atoms with van der Waals surface area (Å²) in [5.74, 6) is -0.586. The SMILES string of the molecule is CCCOC(=O)C1=C(C)NC2=C(C(=O)CC(c3ccccc3OC)C2)C1c1ccc([N+](=O)[O-])cc1. The molecule has 8 nitrogen and oxygen atoms in total. The number of rotatable bonds is 7. The number of nitro benzene ring substituents is 1. The number of benzene rings is 2. The summed E-state index contributed by atoms with van der Waals surface area (Å²) < 4.78 is 11.0. The molecule has 0 amide bonds. The predicted octanol–water partition coefficient (Wildman–Crippen LogP) is 4.92. The van der Waals surface area contributed by atoms with E-state index in [4.69, 9.17) is 9.47 Å². The van der Waals surface area contributed by atoms with Gasteiger partial charge in [0.05, 0.1) is 24.2 Å². The van der Waals surface area contributed by atoms with Crippen LogP contribution < -0.4 is 10.1 Å². The predicted molar refractivity (Wildman–Crippen MR) is 130 cm³/mol. The highest BCUT2D eigenvalue weighted by atomic mass is 16.6. The van der Waals surface area contributed by atoms with Crippen molar-refractivity contribution in [1.82, 2.24) is 5.32 Å². The molecule has 2 atom stereocenters. The van der Waals surface area contributed by atoms with Gasteiger partial charge in [0.25, 0.3) is 5.69 Å². The number of nitrogens with zero attached hydrogens (tertiary/aromatic N) is 1. The first-order valence-electron chi connectivity index (χ1n) is 11.6. The van der Waals surface area contributed by atoms with Gasteiger partial charge >= 0.3 is 5.97 Å². The van der Waals surface area contributed by atoms with E-state index < -0.39 is 16.8 Å². The number of carbonyl (C=O) groups is 2. The van der Waals surface area contributed by atoms with E-state index in [1.165, 1.54) is 12.1 Å². The lowest BCUT2D eigenvalue weighted by atomic mass is 9.71. The van der Waals surface area contributed by atoms with Crippen LogP contribution in [0.4, 0.5) is 5.69 Å². The van der Waals surface area contributed by atoms with Crippen LogP contribution in [0.25, 0.3) is 0 Å². The number of hydrogen-bond donors (Lipinski definition) is 1. The average molecular weight is 477 g/mol. The van der Waals surface area contributed by atoms with Gasteiger partial charge in [-0.05, 0) is 37.0 Å². The van der Waals surface area contributed by atoms with Crippen molar-refractivity contribution in [3.63, 3.8) is 0 Å². The van der Waals surface area contributed by atoms with Gasteiger partial charge in [-0.3, -0.25) is 14.9 Å². The Bertz CT molecular complexity index is 1230. The molecule has 1 aliphatic heterocycles. The Morgan fingerprint density at radius 2 is 1.86 bits per heavy atom. The number of allylic oxidation sites excluding steroid dienone is 3. The fourth-order valence-electron chi connectivity index (χ4n) is 4.93. The van der Waals surface area contributed by atoms with Crippen molar-refractivity contribution < 1.29 is 24.0 Å².